The lowest BCUT2D eigenvalue weighted by Gasteiger charge is -2.13. The Morgan fingerprint density at radius 3 is 2.59 bits per heavy atom. The predicted octanol–water partition coefficient (Wildman–Crippen LogP) is 0.824. The fourth-order valence-corrected chi connectivity index (χ4v) is 3.55. The molecular formula is C18H15N5O3S. The first-order valence-corrected chi connectivity index (χ1v) is 9.52. The zero-order chi connectivity index (χ0) is 19.8. The van der Waals surface area contributed by atoms with Gasteiger partial charge < -0.3 is 11.5 Å². The fourth-order valence-electron chi connectivity index (χ4n) is 2.68. The summed E-state index contributed by atoms with van der Waals surface area (Å²) in [6.45, 7) is 0. The Balaban J connectivity index is 2.37. The molecule has 1 amide bonds. The molecule has 0 bridgehead atoms. The van der Waals surface area contributed by atoms with Crippen LogP contribution >= 0.6 is 0 Å². The number of rotatable bonds is 3. The number of aliphatic imine (C=N–C) groups is 1. The summed E-state index contributed by atoms with van der Waals surface area (Å²) < 4.78 is 26.4. The molecule has 2 aromatic carbocycles. The maximum atomic E-state index is 12.4. The van der Waals surface area contributed by atoms with E-state index in [-0.39, 0.29) is 21.7 Å². The van der Waals surface area contributed by atoms with Crippen LogP contribution in [0, 0.1) is 12.3 Å². The Morgan fingerprint density at radius 1 is 1.26 bits per heavy atom. The SMILES string of the molecule is C#Cc1cc(-n2cnc3ccccc32)c(S(C)(=O)=O)cc1C(=O)N=C(N)N. The van der Waals surface area contributed by atoms with Crippen LogP contribution < -0.4 is 11.5 Å². The fraction of sp³-hybridized carbons (Fsp3) is 0.0556. The third kappa shape index (κ3) is 3.38. The minimum atomic E-state index is -3.72. The first-order chi connectivity index (χ1) is 12.7. The maximum Gasteiger partial charge on any atom is 0.281 e. The maximum absolute atomic E-state index is 12.4. The lowest BCUT2D eigenvalue weighted by Crippen LogP contribution is -2.24. The van der Waals surface area contributed by atoms with Crippen molar-refractivity contribution >= 4 is 32.7 Å². The summed E-state index contributed by atoms with van der Waals surface area (Å²) in [5.41, 5.74) is 12.2. The number of terminal acetylenes is 1. The molecule has 136 valence electrons. The first kappa shape index (κ1) is 18.2. The van der Waals surface area contributed by atoms with Crippen molar-refractivity contribution in [2.24, 2.45) is 16.5 Å². The first-order valence-electron chi connectivity index (χ1n) is 7.63. The van der Waals surface area contributed by atoms with E-state index in [1.54, 1.807) is 22.8 Å². The number of imidazole rings is 1. The van der Waals surface area contributed by atoms with Crippen LogP contribution in [0.15, 0.2) is 52.6 Å². The Bertz CT molecular complexity index is 1250. The van der Waals surface area contributed by atoms with Gasteiger partial charge in [0.05, 0.1) is 27.2 Å². The van der Waals surface area contributed by atoms with Crippen LogP contribution in [0.5, 0.6) is 0 Å². The van der Waals surface area contributed by atoms with Crippen LogP contribution in [0.3, 0.4) is 0 Å². The summed E-state index contributed by atoms with van der Waals surface area (Å²) in [4.78, 5) is 19.9. The molecule has 0 aliphatic rings. The van der Waals surface area contributed by atoms with E-state index in [9.17, 15) is 13.2 Å². The molecule has 0 fully saturated rings. The molecule has 3 rings (SSSR count). The zero-order valence-electron chi connectivity index (χ0n) is 14.2. The second kappa shape index (κ2) is 6.59. The highest BCUT2D eigenvalue weighted by atomic mass is 32.2. The van der Waals surface area contributed by atoms with E-state index >= 15 is 0 Å². The van der Waals surface area contributed by atoms with Gasteiger partial charge in [0.25, 0.3) is 5.91 Å². The number of aromatic nitrogens is 2. The van der Waals surface area contributed by atoms with Crippen LogP contribution in [0.2, 0.25) is 0 Å². The van der Waals surface area contributed by atoms with Crippen LogP contribution in [0.25, 0.3) is 16.7 Å². The zero-order valence-corrected chi connectivity index (χ0v) is 15.1. The third-order valence-electron chi connectivity index (χ3n) is 3.83. The molecule has 1 aromatic heterocycles. The largest absolute Gasteiger partial charge is 0.370 e. The summed E-state index contributed by atoms with van der Waals surface area (Å²) in [6.07, 6.45) is 8.06. The highest BCUT2D eigenvalue weighted by molar-refractivity contribution is 7.90. The molecule has 0 aliphatic carbocycles. The molecule has 0 unspecified atom stereocenters. The van der Waals surface area contributed by atoms with Gasteiger partial charge in [0.1, 0.15) is 6.33 Å². The topological polar surface area (TPSA) is 133 Å². The van der Waals surface area contributed by atoms with E-state index in [1.165, 1.54) is 18.5 Å². The normalized spacial score (nSPS) is 11.1. The average molecular weight is 381 g/mol. The summed E-state index contributed by atoms with van der Waals surface area (Å²) in [7, 11) is -3.72. The molecule has 0 saturated carbocycles. The van der Waals surface area contributed by atoms with Crippen LogP contribution in [0.1, 0.15) is 15.9 Å². The Hall–Kier alpha value is -3.64. The van der Waals surface area contributed by atoms with Gasteiger partial charge in [-0.3, -0.25) is 9.36 Å². The van der Waals surface area contributed by atoms with E-state index in [0.717, 1.165) is 6.26 Å². The standard InChI is InChI=1S/C18H15N5O3S/c1-3-11-8-15(23-10-21-13-6-4-5-7-14(13)23)16(27(2,25)26)9-12(11)17(24)22-18(19)20/h1,4-10H,2H3,(H4,19,20,22,24). The summed E-state index contributed by atoms with van der Waals surface area (Å²) in [5.74, 6) is 1.10. The molecule has 1 heterocycles. The van der Waals surface area contributed by atoms with Crippen molar-refractivity contribution in [3.8, 4) is 18.0 Å². The number of fused-ring (bicyclic) bond motifs is 1. The number of nitrogens with zero attached hydrogens (tertiary/aromatic N) is 3. The third-order valence-corrected chi connectivity index (χ3v) is 4.95. The van der Waals surface area contributed by atoms with Crippen molar-refractivity contribution in [2.45, 2.75) is 4.90 Å². The molecular weight excluding hydrogens is 366 g/mol. The second-order valence-corrected chi connectivity index (χ2v) is 7.71. The van der Waals surface area contributed by atoms with Crippen molar-refractivity contribution in [1.29, 1.82) is 0 Å². The summed E-state index contributed by atoms with van der Waals surface area (Å²) >= 11 is 0. The Labute approximate surface area is 155 Å². The van der Waals surface area contributed by atoms with Gasteiger partial charge in [0, 0.05) is 11.8 Å². The number of carbonyl (C=O) groups is 1. The predicted molar refractivity (Wildman–Crippen MR) is 102 cm³/mol. The number of nitrogens with two attached hydrogens (primary N) is 2. The Morgan fingerprint density at radius 2 is 1.96 bits per heavy atom. The van der Waals surface area contributed by atoms with Gasteiger partial charge in [0.15, 0.2) is 15.8 Å². The van der Waals surface area contributed by atoms with Crippen molar-refractivity contribution in [1.82, 2.24) is 9.55 Å². The summed E-state index contributed by atoms with van der Waals surface area (Å²) in [5, 5.41) is 0. The number of guanidine groups is 1. The molecule has 0 spiro atoms. The van der Waals surface area contributed by atoms with E-state index < -0.39 is 21.7 Å². The van der Waals surface area contributed by atoms with Gasteiger partial charge in [-0.25, -0.2) is 13.4 Å². The number of benzene rings is 2. The molecule has 9 heteroatoms. The number of sulfone groups is 1. The van der Waals surface area contributed by atoms with E-state index in [2.05, 4.69) is 15.9 Å². The minimum Gasteiger partial charge on any atom is -0.370 e. The molecule has 3 aromatic rings. The molecule has 0 radical (unpaired) electrons. The lowest BCUT2D eigenvalue weighted by molar-refractivity contribution is 0.100. The van der Waals surface area contributed by atoms with Gasteiger partial charge in [0.2, 0.25) is 0 Å². The average Bonchev–Trinajstić information content (AvgIpc) is 3.03. The van der Waals surface area contributed by atoms with E-state index in [4.69, 9.17) is 17.9 Å². The van der Waals surface area contributed by atoms with Crippen LogP contribution in [-0.2, 0) is 9.84 Å². The molecule has 27 heavy (non-hydrogen) atoms. The van der Waals surface area contributed by atoms with Gasteiger partial charge in [-0.1, -0.05) is 18.1 Å². The van der Waals surface area contributed by atoms with Crippen molar-refractivity contribution < 1.29 is 13.2 Å². The second-order valence-electron chi connectivity index (χ2n) is 5.73. The van der Waals surface area contributed by atoms with Crippen LogP contribution in [-0.4, -0.2) is 36.1 Å². The molecule has 0 aliphatic heterocycles. The highest BCUT2D eigenvalue weighted by Gasteiger charge is 2.22. The highest BCUT2D eigenvalue weighted by Crippen LogP contribution is 2.28. The number of hydrogen-bond donors (Lipinski definition) is 2. The monoisotopic (exact) mass is 381 g/mol. The van der Waals surface area contributed by atoms with Crippen molar-refractivity contribution in [3.05, 3.63) is 53.9 Å². The Kier molecular flexibility index (Phi) is 4.43. The smallest absolute Gasteiger partial charge is 0.281 e. The number of amides is 1. The number of para-hydroxylation sites is 2. The van der Waals surface area contributed by atoms with E-state index in [0.29, 0.717) is 11.0 Å². The van der Waals surface area contributed by atoms with Gasteiger partial charge >= 0.3 is 0 Å². The van der Waals surface area contributed by atoms with Crippen molar-refractivity contribution in [3.63, 3.8) is 0 Å². The van der Waals surface area contributed by atoms with Gasteiger partial charge in [-0.2, -0.15) is 4.99 Å². The molecule has 0 saturated heterocycles. The van der Waals surface area contributed by atoms with Gasteiger partial charge in [-0.05, 0) is 24.3 Å². The quantitative estimate of drug-likeness (QED) is 0.392. The molecule has 0 atom stereocenters. The lowest BCUT2D eigenvalue weighted by atomic mass is 10.1. The van der Waals surface area contributed by atoms with E-state index in [1.807, 2.05) is 6.07 Å². The van der Waals surface area contributed by atoms with Crippen LogP contribution in [0.4, 0.5) is 0 Å². The minimum absolute atomic E-state index is 0.0838. The molecule has 8 nitrogen and oxygen atoms in total. The number of hydrogen-bond acceptors (Lipinski definition) is 4. The summed E-state index contributed by atoms with van der Waals surface area (Å²) in [6, 6.07) is 9.83. The number of carbonyl (C=O) groups excluding carboxylic acids is 1. The van der Waals surface area contributed by atoms with Crippen molar-refractivity contribution in [2.75, 3.05) is 6.26 Å². The molecule has 4 N–H and O–H groups in total. The van der Waals surface area contributed by atoms with Gasteiger partial charge in [-0.15, -0.1) is 6.42 Å².